The van der Waals surface area contributed by atoms with Crippen LogP contribution in [0.4, 0.5) is 0 Å². The number of pyridine rings is 1. The van der Waals surface area contributed by atoms with Gasteiger partial charge in [0.15, 0.2) is 6.61 Å². The number of hydrogen-bond acceptors (Lipinski definition) is 1. The van der Waals surface area contributed by atoms with Gasteiger partial charge in [-0.25, -0.2) is 0 Å². The molecule has 0 N–H and O–H groups in total. The van der Waals surface area contributed by atoms with Gasteiger partial charge in [-0.05, 0) is 19.9 Å². The maximum absolute atomic E-state index is 5.35. The molecule has 0 aromatic carbocycles. The highest BCUT2D eigenvalue weighted by atomic mass is 16.7. The average molecular weight is 164 g/mol. The lowest BCUT2D eigenvalue weighted by molar-refractivity contribution is -0.892. The highest BCUT2D eigenvalue weighted by molar-refractivity contribution is 5.54. The third-order valence-electron chi connectivity index (χ3n) is 1.53. The van der Waals surface area contributed by atoms with E-state index in [4.69, 9.17) is 4.84 Å². The first-order chi connectivity index (χ1) is 5.75. The summed E-state index contributed by atoms with van der Waals surface area (Å²) in [7, 11) is 0. The fraction of sp³-hybridized carbons (Fsp3) is 0.300. The van der Waals surface area contributed by atoms with Crippen LogP contribution < -0.4 is 9.57 Å². The first-order valence-corrected chi connectivity index (χ1v) is 4.05. The molecule has 1 aromatic rings. The molecule has 1 aromatic heterocycles. The Morgan fingerprint density at radius 1 is 1.58 bits per heavy atom. The molecule has 0 radical (unpaired) electrons. The lowest BCUT2D eigenvalue weighted by atomic mass is 10.2. The smallest absolute Gasteiger partial charge is 0.259 e. The molecule has 2 nitrogen and oxygen atoms in total. The van der Waals surface area contributed by atoms with Crippen LogP contribution in [0.25, 0.3) is 5.57 Å². The second-order valence-corrected chi connectivity index (χ2v) is 2.61. The predicted octanol–water partition coefficient (Wildman–Crippen LogP) is 1.46. The van der Waals surface area contributed by atoms with Crippen molar-refractivity contribution >= 4 is 5.57 Å². The van der Waals surface area contributed by atoms with E-state index in [9.17, 15) is 0 Å². The van der Waals surface area contributed by atoms with Crippen molar-refractivity contribution in [2.75, 3.05) is 6.61 Å². The number of nitrogens with zero attached hydrogens (tertiary/aromatic N) is 1. The van der Waals surface area contributed by atoms with Crippen LogP contribution >= 0.6 is 0 Å². The molecule has 0 fully saturated rings. The average Bonchev–Trinajstić information content (AvgIpc) is 2.05. The van der Waals surface area contributed by atoms with Gasteiger partial charge in [0.2, 0.25) is 6.20 Å². The van der Waals surface area contributed by atoms with Crippen molar-refractivity contribution in [1.82, 2.24) is 0 Å². The van der Waals surface area contributed by atoms with Gasteiger partial charge in [-0.2, -0.15) is 0 Å². The number of rotatable bonds is 3. The topological polar surface area (TPSA) is 13.1 Å². The Morgan fingerprint density at radius 3 is 2.92 bits per heavy atom. The molecule has 0 unspecified atom stereocenters. The van der Waals surface area contributed by atoms with Crippen molar-refractivity contribution in [2.24, 2.45) is 0 Å². The lowest BCUT2D eigenvalue weighted by Crippen LogP contribution is -2.45. The summed E-state index contributed by atoms with van der Waals surface area (Å²) in [6.45, 7) is 8.45. The Balaban J connectivity index is 3.00. The first kappa shape index (κ1) is 8.78. The van der Waals surface area contributed by atoms with Crippen LogP contribution in [-0.4, -0.2) is 6.61 Å². The molecule has 1 rings (SSSR count). The summed E-state index contributed by atoms with van der Waals surface area (Å²) in [5.41, 5.74) is 2.02. The van der Waals surface area contributed by atoms with Gasteiger partial charge in [0.25, 0.3) is 5.69 Å². The minimum Gasteiger partial charge on any atom is -0.271 e. The Hall–Kier alpha value is -1.31. The van der Waals surface area contributed by atoms with Crippen LogP contribution in [-0.2, 0) is 0 Å². The van der Waals surface area contributed by atoms with Gasteiger partial charge in [0, 0.05) is 22.4 Å². The summed E-state index contributed by atoms with van der Waals surface area (Å²) in [5.74, 6) is 0. The van der Waals surface area contributed by atoms with E-state index in [2.05, 4.69) is 6.58 Å². The molecule has 0 saturated carbocycles. The first-order valence-electron chi connectivity index (χ1n) is 4.05. The molecule has 64 valence electrons. The fourth-order valence-electron chi connectivity index (χ4n) is 1.01. The van der Waals surface area contributed by atoms with Gasteiger partial charge in [-0.3, -0.25) is 4.84 Å². The van der Waals surface area contributed by atoms with Gasteiger partial charge >= 0.3 is 0 Å². The minimum atomic E-state index is 0.662. The van der Waals surface area contributed by atoms with E-state index in [1.165, 1.54) is 0 Å². The molecule has 0 bridgehead atoms. The summed E-state index contributed by atoms with van der Waals surface area (Å²) in [4.78, 5) is 5.35. The van der Waals surface area contributed by atoms with E-state index in [0.717, 1.165) is 11.3 Å². The third-order valence-corrected chi connectivity index (χ3v) is 1.53. The summed E-state index contributed by atoms with van der Waals surface area (Å²) in [6.07, 6.45) is 1.88. The van der Waals surface area contributed by atoms with Crippen LogP contribution in [0, 0.1) is 0 Å². The highest BCUT2D eigenvalue weighted by Crippen LogP contribution is 2.03. The van der Waals surface area contributed by atoms with Crippen LogP contribution in [0.2, 0.25) is 0 Å². The van der Waals surface area contributed by atoms with Crippen LogP contribution in [0.1, 0.15) is 19.5 Å². The molecule has 0 aliphatic carbocycles. The lowest BCUT2D eigenvalue weighted by Gasteiger charge is -1.99. The molecule has 0 aliphatic rings. The third kappa shape index (κ3) is 1.84. The summed E-state index contributed by atoms with van der Waals surface area (Å²) in [6, 6.07) is 5.89. The predicted molar refractivity (Wildman–Crippen MR) is 48.5 cm³/mol. The van der Waals surface area contributed by atoms with Gasteiger partial charge in [-0.1, -0.05) is 6.58 Å². The summed E-state index contributed by atoms with van der Waals surface area (Å²) in [5, 5.41) is 0. The molecule has 2 heteroatoms. The second kappa shape index (κ2) is 3.90. The minimum absolute atomic E-state index is 0.662. The Bertz CT molecular complexity index is 281. The van der Waals surface area contributed by atoms with E-state index in [0.29, 0.717) is 6.61 Å². The Kier molecular flexibility index (Phi) is 2.86. The second-order valence-electron chi connectivity index (χ2n) is 2.61. The maximum atomic E-state index is 5.35. The monoisotopic (exact) mass is 164 g/mol. The van der Waals surface area contributed by atoms with E-state index in [1.54, 1.807) is 4.73 Å². The molecule has 0 saturated heterocycles. The van der Waals surface area contributed by atoms with E-state index in [-0.39, 0.29) is 0 Å². The van der Waals surface area contributed by atoms with Crippen molar-refractivity contribution in [1.29, 1.82) is 0 Å². The number of aromatic nitrogens is 1. The summed E-state index contributed by atoms with van der Waals surface area (Å²) < 4.78 is 1.74. The van der Waals surface area contributed by atoms with Crippen molar-refractivity contribution in [3.8, 4) is 0 Å². The Morgan fingerprint density at radius 2 is 2.33 bits per heavy atom. The zero-order valence-electron chi connectivity index (χ0n) is 7.58. The molecule has 0 aliphatic heterocycles. The maximum Gasteiger partial charge on any atom is 0.259 e. The van der Waals surface area contributed by atoms with Gasteiger partial charge in [0.05, 0.1) is 0 Å². The zero-order valence-corrected chi connectivity index (χ0v) is 7.58. The quantitative estimate of drug-likeness (QED) is 0.616. The molecule has 0 amide bonds. The largest absolute Gasteiger partial charge is 0.271 e. The summed E-state index contributed by atoms with van der Waals surface area (Å²) >= 11 is 0. The molecule has 12 heavy (non-hydrogen) atoms. The molecule has 0 atom stereocenters. The SMILES string of the molecule is C=C(C)c1cccc[n+]1OCC. The van der Waals surface area contributed by atoms with Crippen molar-refractivity contribution in [3.05, 3.63) is 36.7 Å². The van der Waals surface area contributed by atoms with Gasteiger partial charge in [0.1, 0.15) is 0 Å². The van der Waals surface area contributed by atoms with Crippen molar-refractivity contribution in [2.45, 2.75) is 13.8 Å². The van der Waals surface area contributed by atoms with Crippen LogP contribution in [0.15, 0.2) is 31.0 Å². The van der Waals surface area contributed by atoms with Crippen molar-refractivity contribution in [3.63, 3.8) is 0 Å². The van der Waals surface area contributed by atoms with E-state index < -0.39 is 0 Å². The fourth-order valence-corrected chi connectivity index (χ4v) is 1.01. The molecule has 1 heterocycles. The number of allylic oxidation sites excluding steroid dienone is 1. The molecule has 0 spiro atoms. The molecular formula is C10H14NO+. The standard InChI is InChI=1S/C10H14NO/c1-4-12-11-8-6-5-7-10(11)9(2)3/h5-8H,2,4H2,1,3H3/q+1. The van der Waals surface area contributed by atoms with Crippen molar-refractivity contribution < 1.29 is 9.57 Å². The van der Waals surface area contributed by atoms with Crippen LogP contribution in [0.5, 0.6) is 0 Å². The van der Waals surface area contributed by atoms with Gasteiger partial charge in [-0.15, -0.1) is 0 Å². The Labute approximate surface area is 73.1 Å². The van der Waals surface area contributed by atoms with E-state index in [1.807, 2.05) is 38.2 Å². The molecular weight excluding hydrogens is 150 g/mol. The normalized spacial score (nSPS) is 9.50. The highest BCUT2D eigenvalue weighted by Gasteiger charge is 2.10. The van der Waals surface area contributed by atoms with Crippen LogP contribution in [0.3, 0.4) is 0 Å². The number of hydrogen-bond donors (Lipinski definition) is 0. The zero-order chi connectivity index (χ0) is 8.97. The van der Waals surface area contributed by atoms with Gasteiger partial charge < -0.3 is 0 Å². The van der Waals surface area contributed by atoms with E-state index >= 15 is 0 Å².